The van der Waals surface area contributed by atoms with Crippen LogP contribution in [0.2, 0.25) is 0 Å². The van der Waals surface area contributed by atoms with Crippen LogP contribution in [0.15, 0.2) is 91.0 Å². The van der Waals surface area contributed by atoms with Crippen LogP contribution in [-0.4, -0.2) is 21.8 Å². The number of hydrogen-bond donors (Lipinski definition) is 2. The molecular formula is C29H24O4. The van der Waals surface area contributed by atoms with Crippen molar-refractivity contribution < 1.29 is 19.8 Å². The largest absolute Gasteiger partial charge is 0.508 e. The number of fused-ring (bicyclic) bond motifs is 1. The van der Waals surface area contributed by atoms with Gasteiger partial charge < -0.3 is 10.2 Å². The molecule has 4 aromatic carbocycles. The van der Waals surface area contributed by atoms with E-state index in [2.05, 4.69) is 0 Å². The monoisotopic (exact) mass is 436 g/mol. The molecule has 0 spiro atoms. The van der Waals surface area contributed by atoms with Gasteiger partial charge >= 0.3 is 0 Å². The van der Waals surface area contributed by atoms with Gasteiger partial charge in [-0.15, -0.1) is 0 Å². The van der Waals surface area contributed by atoms with Crippen LogP contribution in [0.25, 0.3) is 28.0 Å². The first kappa shape index (κ1) is 22.0. The maximum absolute atomic E-state index is 12.4. The van der Waals surface area contributed by atoms with Crippen LogP contribution < -0.4 is 0 Å². The minimum absolute atomic E-state index is 0.107. The molecule has 4 rings (SSSR count). The molecule has 0 unspecified atom stereocenters. The van der Waals surface area contributed by atoms with Crippen molar-refractivity contribution in [2.45, 2.75) is 19.3 Å². The summed E-state index contributed by atoms with van der Waals surface area (Å²) in [6, 6.07) is 25.9. The molecule has 4 nitrogen and oxygen atoms in total. The van der Waals surface area contributed by atoms with Crippen molar-refractivity contribution in [2.75, 3.05) is 0 Å². The summed E-state index contributed by atoms with van der Waals surface area (Å²) in [6.45, 7) is 0. The molecule has 0 aliphatic rings. The molecule has 0 saturated heterocycles. The number of carbonyl (C=O) groups excluding carboxylic acids is 2. The van der Waals surface area contributed by atoms with E-state index < -0.39 is 0 Å². The molecule has 4 heteroatoms. The van der Waals surface area contributed by atoms with Gasteiger partial charge in [0.1, 0.15) is 17.3 Å². The number of benzene rings is 4. The maximum Gasteiger partial charge on any atom is 0.163 e. The zero-order valence-corrected chi connectivity index (χ0v) is 18.1. The second kappa shape index (κ2) is 9.96. The van der Waals surface area contributed by atoms with E-state index in [0.29, 0.717) is 12.0 Å². The number of phenolic OH excluding ortho intramolecular Hbond substituents is 2. The first-order valence-corrected chi connectivity index (χ1v) is 10.8. The molecule has 0 radical (unpaired) electrons. The zero-order chi connectivity index (χ0) is 23.2. The Morgan fingerprint density at radius 1 is 0.758 bits per heavy atom. The van der Waals surface area contributed by atoms with Gasteiger partial charge in [-0.3, -0.25) is 9.59 Å². The summed E-state index contributed by atoms with van der Waals surface area (Å²) in [5.41, 5.74) is 3.54. The Morgan fingerprint density at radius 2 is 1.48 bits per heavy atom. The highest BCUT2D eigenvalue weighted by atomic mass is 16.3. The third-order valence-electron chi connectivity index (χ3n) is 5.56. The summed E-state index contributed by atoms with van der Waals surface area (Å²) < 4.78 is 0. The highest BCUT2D eigenvalue weighted by Crippen LogP contribution is 2.33. The number of phenols is 2. The fourth-order valence-corrected chi connectivity index (χ4v) is 3.86. The summed E-state index contributed by atoms with van der Waals surface area (Å²) in [7, 11) is 0. The predicted octanol–water partition coefficient (Wildman–Crippen LogP) is 6.09. The van der Waals surface area contributed by atoms with E-state index in [0.717, 1.165) is 27.5 Å². The lowest BCUT2D eigenvalue weighted by molar-refractivity contribution is -0.124. The third-order valence-corrected chi connectivity index (χ3v) is 5.56. The Labute approximate surface area is 192 Å². The Morgan fingerprint density at radius 3 is 2.30 bits per heavy atom. The smallest absolute Gasteiger partial charge is 0.163 e. The van der Waals surface area contributed by atoms with Crippen LogP contribution in [0.1, 0.15) is 24.0 Å². The summed E-state index contributed by atoms with van der Waals surface area (Å²) in [5, 5.41) is 21.5. The number of ketones is 2. The molecule has 2 N–H and O–H groups in total. The molecule has 164 valence electrons. The number of allylic oxidation sites excluding steroid dienone is 1. The van der Waals surface area contributed by atoms with E-state index in [1.165, 1.54) is 6.08 Å². The van der Waals surface area contributed by atoms with Crippen LogP contribution in [0, 0.1) is 0 Å². The van der Waals surface area contributed by atoms with Crippen molar-refractivity contribution >= 4 is 28.4 Å². The minimum atomic E-state index is -0.280. The van der Waals surface area contributed by atoms with Crippen molar-refractivity contribution in [3.05, 3.63) is 102 Å². The van der Waals surface area contributed by atoms with Crippen LogP contribution in [0.3, 0.4) is 0 Å². The van der Waals surface area contributed by atoms with E-state index in [9.17, 15) is 19.8 Å². The number of carbonyl (C=O) groups is 2. The molecule has 0 aliphatic heterocycles. The number of Topliss-reactive ketones (excluding diaryl/α,β-unsaturated/α-hetero) is 1. The van der Waals surface area contributed by atoms with Crippen LogP contribution in [0.5, 0.6) is 11.5 Å². The molecule has 0 aliphatic carbocycles. The summed E-state index contributed by atoms with van der Waals surface area (Å²) in [4.78, 5) is 24.7. The lowest BCUT2D eigenvalue weighted by Crippen LogP contribution is -2.06. The Hall–Kier alpha value is -4.18. The molecule has 0 heterocycles. The maximum atomic E-state index is 12.4. The van der Waals surface area contributed by atoms with Crippen LogP contribution >= 0.6 is 0 Å². The molecule has 0 atom stereocenters. The van der Waals surface area contributed by atoms with Crippen molar-refractivity contribution in [1.29, 1.82) is 0 Å². The van der Waals surface area contributed by atoms with Crippen molar-refractivity contribution in [1.82, 2.24) is 0 Å². The van der Waals surface area contributed by atoms with Gasteiger partial charge in [-0.1, -0.05) is 66.7 Å². The van der Waals surface area contributed by atoms with Crippen LogP contribution in [0.4, 0.5) is 0 Å². The SMILES string of the molecule is O=C(/C=C/c1cc(O)ccc1-c1cccc2ccccc12)CC(=O)CCc1ccc(O)cc1. The van der Waals surface area contributed by atoms with E-state index >= 15 is 0 Å². The Bertz CT molecular complexity index is 1330. The average Bonchev–Trinajstić information content (AvgIpc) is 2.82. The topological polar surface area (TPSA) is 74.6 Å². The number of aromatic hydroxyl groups is 2. The average molecular weight is 437 g/mol. The van der Waals surface area contributed by atoms with Gasteiger partial charge in [-0.05, 0) is 69.8 Å². The fraction of sp³-hybridized carbons (Fsp3) is 0.103. The molecule has 33 heavy (non-hydrogen) atoms. The summed E-state index contributed by atoms with van der Waals surface area (Å²) in [6.07, 6.45) is 3.68. The lowest BCUT2D eigenvalue weighted by atomic mass is 9.94. The Balaban J connectivity index is 1.48. The van der Waals surface area contributed by atoms with Gasteiger partial charge in [-0.2, -0.15) is 0 Å². The lowest BCUT2D eigenvalue weighted by Gasteiger charge is -2.11. The standard InChI is InChI=1S/C29H24O4/c30-23-12-8-20(9-13-23)10-14-25(32)19-26(33)15-11-22-18-24(31)16-17-28(22)29-7-3-5-21-4-1-2-6-27(21)29/h1-9,11-13,15-18,30-31H,10,14,19H2/b15-11+. The van der Waals surface area contributed by atoms with E-state index in [-0.39, 0.29) is 35.9 Å². The van der Waals surface area contributed by atoms with Gasteiger partial charge in [0, 0.05) is 6.42 Å². The highest BCUT2D eigenvalue weighted by molar-refractivity contribution is 6.07. The minimum Gasteiger partial charge on any atom is -0.508 e. The quantitative estimate of drug-likeness (QED) is 0.259. The summed E-state index contributed by atoms with van der Waals surface area (Å²) in [5.74, 6) is -0.128. The van der Waals surface area contributed by atoms with E-state index in [4.69, 9.17) is 0 Å². The number of rotatable bonds is 8. The van der Waals surface area contributed by atoms with Crippen LogP contribution in [-0.2, 0) is 16.0 Å². The van der Waals surface area contributed by atoms with Crippen molar-refractivity contribution in [3.8, 4) is 22.6 Å². The number of hydrogen-bond acceptors (Lipinski definition) is 4. The first-order valence-electron chi connectivity index (χ1n) is 10.8. The molecule has 0 saturated carbocycles. The van der Waals surface area contributed by atoms with E-state index in [1.54, 1.807) is 42.5 Å². The molecule has 0 fully saturated rings. The molecule has 0 aromatic heterocycles. The summed E-state index contributed by atoms with van der Waals surface area (Å²) >= 11 is 0. The molecule has 4 aromatic rings. The second-order valence-electron chi connectivity index (χ2n) is 7.98. The molecular weight excluding hydrogens is 412 g/mol. The second-order valence-corrected chi connectivity index (χ2v) is 7.98. The van der Waals surface area contributed by atoms with E-state index in [1.807, 2.05) is 48.5 Å². The number of aryl methyl sites for hydroxylation is 1. The van der Waals surface area contributed by atoms with Gasteiger partial charge in [0.15, 0.2) is 5.78 Å². The fourth-order valence-electron chi connectivity index (χ4n) is 3.86. The third kappa shape index (κ3) is 5.55. The zero-order valence-electron chi connectivity index (χ0n) is 18.1. The first-order chi connectivity index (χ1) is 16.0. The Kier molecular flexibility index (Phi) is 6.65. The van der Waals surface area contributed by atoms with Gasteiger partial charge in [0.05, 0.1) is 6.42 Å². The van der Waals surface area contributed by atoms with Gasteiger partial charge in [-0.25, -0.2) is 0 Å². The molecule has 0 amide bonds. The van der Waals surface area contributed by atoms with Gasteiger partial charge in [0.25, 0.3) is 0 Å². The normalized spacial score (nSPS) is 11.2. The molecule has 0 bridgehead atoms. The van der Waals surface area contributed by atoms with Crippen molar-refractivity contribution in [2.24, 2.45) is 0 Å². The predicted molar refractivity (Wildman–Crippen MR) is 131 cm³/mol. The highest BCUT2D eigenvalue weighted by Gasteiger charge is 2.10. The van der Waals surface area contributed by atoms with Crippen molar-refractivity contribution in [3.63, 3.8) is 0 Å². The van der Waals surface area contributed by atoms with Gasteiger partial charge in [0.2, 0.25) is 0 Å².